The fourth-order valence-corrected chi connectivity index (χ4v) is 5.78. The lowest BCUT2D eigenvalue weighted by molar-refractivity contribution is -0.384. The van der Waals surface area contributed by atoms with E-state index in [-0.39, 0.29) is 28.6 Å². The van der Waals surface area contributed by atoms with Gasteiger partial charge in [0.05, 0.1) is 27.8 Å². The van der Waals surface area contributed by atoms with Crippen LogP contribution in [0.25, 0.3) is 10.9 Å². The number of nitrogens with zero attached hydrogens (tertiary/aromatic N) is 4. The number of anilines is 1. The Morgan fingerprint density at radius 1 is 1.20 bits per heavy atom. The van der Waals surface area contributed by atoms with Gasteiger partial charge in [-0.15, -0.1) is 0 Å². The second kappa shape index (κ2) is 8.97. The molecule has 0 spiro atoms. The number of thioether (sulfide) groups is 1. The number of hydrogen-bond donors (Lipinski definition) is 0. The molecule has 0 radical (unpaired) electrons. The van der Waals surface area contributed by atoms with Crippen molar-refractivity contribution in [2.45, 2.75) is 17.3 Å². The summed E-state index contributed by atoms with van der Waals surface area (Å²) in [6, 6.07) is 9.01. The summed E-state index contributed by atoms with van der Waals surface area (Å²) in [4.78, 5) is 40.7. The number of ether oxygens (including phenoxy) is 1. The molecule has 2 aliphatic rings. The topological polar surface area (TPSA) is 97.9 Å². The summed E-state index contributed by atoms with van der Waals surface area (Å²) < 4.78 is 22.2. The number of rotatable bonds is 5. The van der Waals surface area contributed by atoms with Crippen molar-refractivity contribution < 1.29 is 18.8 Å². The third-order valence-electron chi connectivity index (χ3n) is 6.40. The third-order valence-corrected chi connectivity index (χ3v) is 7.73. The molecule has 0 bridgehead atoms. The number of carbonyl (C=O) groups excluding carboxylic acids is 1. The molecule has 1 atom stereocenters. The van der Waals surface area contributed by atoms with E-state index in [4.69, 9.17) is 4.74 Å². The van der Waals surface area contributed by atoms with Gasteiger partial charge in [-0.2, -0.15) is 0 Å². The van der Waals surface area contributed by atoms with Crippen LogP contribution in [-0.2, 0) is 4.74 Å². The normalized spacial score (nSPS) is 17.7. The molecule has 1 saturated heterocycles. The number of nitro benzene ring substituents is 1. The van der Waals surface area contributed by atoms with Gasteiger partial charge in [0, 0.05) is 43.7 Å². The van der Waals surface area contributed by atoms with Crippen LogP contribution in [0.15, 0.2) is 46.2 Å². The Balaban J connectivity index is 1.69. The Morgan fingerprint density at radius 2 is 1.89 bits per heavy atom. The van der Waals surface area contributed by atoms with Crippen molar-refractivity contribution in [1.82, 2.24) is 9.47 Å². The standard InChI is InChI=1S/C24H23FN4O5S/c1-3-34-24(31)20-21(30)16-12-17(25)19(27-10-8-26(2)9-11-27)13-18(16)28-22(35-23(20)28)14-4-6-15(7-5-14)29(32)33/h4-7,12-13,22H,3,8-11H2,1-2H3. The zero-order valence-electron chi connectivity index (χ0n) is 19.2. The van der Waals surface area contributed by atoms with Crippen molar-refractivity contribution in [1.29, 1.82) is 0 Å². The first-order valence-corrected chi connectivity index (χ1v) is 12.1. The van der Waals surface area contributed by atoms with Gasteiger partial charge in [-0.3, -0.25) is 14.9 Å². The van der Waals surface area contributed by atoms with Gasteiger partial charge in [-0.1, -0.05) is 11.8 Å². The fraction of sp³-hybridized carbons (Fsp3) is 0.333. The number of carbonyl (C=O) groups is 1. The molecule has 1 unspecified atom stereocenters. The maximum Gasteiger partial charge on any atom is 0.344 e. The Hall–Kier alpha value is -3.44. The van der Waals surface area contributed by atoms with E-state index in [0.29, 0.717) is 29.3 Å². The van der Waals surface area contributed by atoms with Gasteiger partial charge < -0.3 is 19.1 Å². The predicted molar refractivity (Wildman–Crippen MR) is 131 cm³/mol. The molecule has 0 N–H and O–H groups in total. The molecule has 9 nitrogen and oxygen atoms in total. The molecule has 1 aromatic heterocycles. The van der Waals surface area contributed by atoms with Gasteiger partial charge in [-0.05, 0) is 43.8 Å². The minimum absolute atomic E-state index is 0.0327. The smallest absolute Gasteiger partial charge is 0.344 e. The zero-order chi connectivity index (χ0) is 24.9. The molecule has 1 fully saturated rings. The van der Waals surface area contributed by atoms with E-state index in [2.05, 4.69) is 4.90 Å². The second-order valence-corrected chi connectivity index (χ2v) is 9.60. The molecular weight excluding hydrogens is 475 g/mol. The van der Waals surface area contributed by atoms with E-state index in [0.717, 1.165) is 18.7 Å². The fourth-order valence-electron chi connectivity index (χ4n) is 4.50. The van der Waals surface area contributed by atoms with Crippen LogP contribution in [-0.4, -0.2) is 60.2 Å². The number of piperazine rings is 1. The zero-order valence-corrected chi connectivity index (χ0v) is 20.0. The van der Waals surface area contributed by atoms with E-state index in [9.17, 15) is 19.7 Å². The molecule has 0 saturated carbocycles. The molecular formula is C24H23FN4O5S. The molecule has 11 heteroatoms. The van der Waals surface area contributed by atoms with E-state index >= 15 is 4.39 Å². The molecule has 2 aliphatic heterocycles. The first-order valence-electron chi connectivity index (χ1n) is 11.2. The average molecular weight is 499 g/mol. The molecule has 5 rings (SSSR count). The lowest BCUT2D eigenvalue weighted by Crippen LogP contribution is -2.44. The van der Waals surface area contributed by atoms with E-state index < -0.39 is 22.1 Å². The van der Waals surface area contributed by atoms with Crippen LogP contribution < -0.4 is 10.3 Å². The number of pyridine rings is 1. The molecule has 35 heavy (non-hydrogen) atoms. The quantitative estimate of drug-likeness (QED) is 0.299. The van der Waals surface area contributed by atoms with Gasteiger partial charge in [0.2, 0.25) is 5.43 Å². The van der Waals surface area contributed by atoms with Crippen molar-refractivity contribution in [3.8, 4) is 0 Å². The predicted octanol–water partition coefficient (Wildman–Crippen LogP) is 3.63. The van der Waals surface area contributed by atoms with Crippen LogP contribution in [0, 0.1) is 15.9 Å². The van der Waals surface area contributed by atoms with E-state index in [1.807, 2.05) is 16.5 Å². The van der Waals surface area contributed by atoms with Gasteiger partial charge in [-0.25, -0.2) is 9.18 Å². The molecule has 182 valence electrons. The number of likely N-dealkylation sites (N-methyl/N-ethyl adjacent to an activating group) is 1. The van der Waals surface area contributed by atoms with Gasteiger partial charge in [0.25, 0.3) is 5.69 Å². The highest BCUT2D eigenvalue weighted by Gasteiger charge is 2.37. The number of aromatic nitrogens is 1. The summed E-state index contributed by atoms with van der Waals surface area (Å²) in [6.07, 6.45) is 0. The molecule has 0 aliphatic carbocycles. The van der Waals surface area contributed by atoms with Crippen molar-refractivity contribution in [2.75, 3.05) is 44.7 Å². The van der Waals surface area contributed by atoms with Crippen molar-refractivity contribution in [3.63, 3.8) is 0 Å². The summed E-state index contributed by atoms with van der Waals surface area (Å²) >= 11 is 1.30. The Bertz CT molecular complexity index is 1400. The Morgan fingerprint density at radius 3 is 2.51 bits per heavy atom. The van der Waals surface area contributed by atoms with Crippen LogP contribution in [0.4, 0.5) is 15.8 Å². The maximum atomic E-state index is 15.3. The number of non-ortho nitro benzene ring substituents is 1. The van der Waals surface area contributed by atoms with Crippen LogP contribution in [0.2, 0.25) is 0 Å². The van der Waals surface area contributed by atoms with Crippen LogP contribution in [0.1, 0.15) is 28.2 Å². The van der Waals surface area contributed by atoms with E-state index in [1.54, 1.807) is 25.1 Å². The number of hydrogen-bond acceptors (Lipinski definition) is 8. The Kier molecular flexibility index (Phi) is 5.97. The number of fused-ring (bicyclic) bond motifs is 3. The summed E-state index contributed by atoms with van der Waals surface area (Å²) in [5.74, 6) is -1.27. The highest BCUT2D eigenvalue weighted by atomic mass is 32.2. The Labute approximate surface area is 204 Å². The van der Waals surface area contributed by atoms with Crippen LogP contribution in [0.5, 0.6) is 0 Å². The van der Waals surface area contributed by atoms with Crippen LogP contribution >= 0.6 is 11.8 Å². The highest BCUT2D eigenvalue weighted by Crippen LogP contribution is 2.50. The number of esters is 1. The molecule has 2 aromatic carbocycles. The summed E-state index contributed by atoms with van der Waals surface area (Å²) in [5.41, 5.74) is 0.962. The van der Waals surface area contributed by atoms with Crippen molar-refractivity contribution in [2.24, 2.45) is 0 Å². The first kappa shape index (κ1) is 23.3. The van der Waals surface area contributed by atoms with Crippen LogP contribution in [0.3, 0.4) is 0 Å². The molecule has 3 heterocycles. The third kappa shape index (κ3) is 3.94. The number of halogens is 1. The molecule has 3 aromatic rings. The monoisotopic (exact) mass is 498 g/mol. The van der Waals surface area contributed by atoms with Crippen molar-refractivity contribution in [3.05, 3.63) is 73.7 Å². The lowest BCUT2D eigenvalue weighted by Gasteiger charge is -2.37. The van der Waals surface area contributed by atoms with Crippen molar-refractivity contribution >= 4 is 40.0 Å². The summed E-state index contributed by atoms with van der Waals surface area (Å²) in [5, 5.41) is 11.3. The highest BCUT2D eigenvalue weighted by molar-refractivity contribution is 8.00. The van der Waals surface area contributed by atoms with Gasteiger partial charge in [0.15, 0.2) is 0 Å². The second-order valence-electron chi connectivity index (χ2n) is 8.53. The summed E-state index contributed by atoms with van der Waals surface area (Å²) in [7, 11) is 2.01. The number of nitro groups is 1. The minimum Gasteiger partial charge on any atom is -0.462 e. The average Bonchev–Trinajstić information content (AvgIpc) is 2.82. The summed E-state index contributed by atoms with van der Waals surface area (Å²) in [6.45, 7) is 4.63. The number of benzene rings is 2. The minimum atomic E-state index is -0.749. The molecule has 0 amide bonds. The largest absolute Gasteiger partial charge is 0.462 e. The van der Waals surface area contributed by atoms with Gasteiger partial charge >= 0.3 is 5.97 Å². The maximum absolute atomic E-state index is 15.3. The first-order chi connectivity index (χ1) is 16.8. The SMILES string of the molecule is CCOC(=O)c1c2n(c3cc(N4CCN(C)CC4)c(F)cc3c1=O)C(c1ccc([N+](=O)[O-])cc1)S2. The van der Waals surface area contributed by atoms with Gasteiger partial charge in [0.1, 0.15) is 16.8 Å². The lowest BCUT2D eigenvalue weighted by atomic mass is 10.1. The van der Waals surface area contributed by atoms with E-state index in [1.165, 1.54) is 30.0 Å².